The van der Waals surface area contributed by atoms with Crippen molar-refractivity contribution in [3.8, 4) is 0 Å². The van der Waals surface area contributed by atoms with Gasteiger partial charge in [0.05, 0.1) is 25.6 Å². The second-order valence-electron chi connectivity index (χ2n) is 4.85. The van der Waals surface area contributed by atoms with E-state index in [2.05, 4.69) is 15.2 Å². The summed E-state index contributed by atoms with van der Waals surface area (Å²) in [5, 5.41) is 6.56. The van der Waals surface area contributed by atoms with Gasteiger partial charge in [-0.2, -0.15) is 18.3 Å². The van der Waals surface area contributed by atoms with E-state index in [1.54, 1.807) is 12.1 Å². The molecule has 0 radical (unpaired) electrons. The van der Waals surface area contributed by atoms with Crippen molar-refractivity contribution in [3.63, 3.8) is 0 Å². The smallest absolute Gasteiger partial charge is 0.410 e. The number of carbonyl (C=O) groups is 1. The van der Waals surface area contributed by atoms with Crippen molar-refractivity contribution in [2.75, 3.05) is 12.4 Å². The highest BCUT2D eigenvalue weighted by atomic mass is 19.4. The quantitative estimate of drug-likeness (QED) is 0.863. The maximum absolute atomic E-state index is 13.3. The number of nitrogens with zero attached hydrogens (tertiary/aromatic N) is 2. The Bertz CT molecular complexity index is 679. The summed E-state index contributed by atoms with van der Waals surface area (Å²) >= 11 is 0. The Morgan fingerprint density at radius 1 is 1.55 bits per heavy atom. The minimum Gasteiger partial charge on any atom is -0.467 e. The number of anilines is 1. The molecule has 2 atom stereocenters. The van der Waals surface area contributed by atoms with Gasteiger partial charge < -0.3 is 14.5 Å². The van der Waals surface area contributed by atoms with Gasteiger partial charge in [0.25, 0.3) is 0 Å². The van der Waals surface area contributed by atoms with E-state index in [1.807, 2.05) is 0 Å². The van der Waals surface area contributed by atoms with Crippen molar-refractivity contribution in [1.29, 1.82) is 0 Å². The monoisotopic (exact) mass is 315 g/mol. The topological polar surface area (TPSA) is 69.3 Å². The van der Waals surface area contributed by atoms with Gasteiger partial charge in [-0.25, -0.2) is 9.48 Å². The average Bonchev–Trinajstić information content (AvgIpc) is 3.13. The normalized spacial score (nSPS) is 21.1. The van der Waals surface area contributed by atoms with Crippen molar-refractivity contribution >= 4 is 11.8 Å². The van der Waals surface area contributed by atoms with Crippen LogP contribution in [0.3, 0.4) is 0 Å². The first-order valence-corrected chi connectivity index (χ1v) is 6.44. The number of methoxy groups -OCH3 is 1. The van der Waals surface area contributed by atoms with Crippen molar-refractivity contribution in [3.05, 3.63) is 35.9 Å². The molecular weight excluding hydrogens is 303 g/mol. The fourth-order valence-electron chi connectivity index (χ4n) is 2.50. The first kappa shape index (κ1) is 14.5. The molecule has 0 bridgehead atoms. The summed E-state index contributed by atoms with van der Waals surface area (Å²) in [4.78, 5) is 11.7. The van der Waals surface area contributed by atoms with Crippen LogP contribution >= 0.6 is 0 Å². The Hall–Kier alpha value is -2.45. The van der Waals surface area contributed by atoms with E-state index in [1.165, 1.54) is 6.26 Å². The second-order valence-corrected chi connectivity index (χ2v) is 4.85. The van der Waals surface area contributed by atoms with Crippen LogP contribution in [0.2, 0.25) is 0 Å². The first-order valence-electron chi connectivity index (χ1n) is 6.44. The van der Waals surface area contributed by atoms with E-state index in [4.69, 9.17) is 4.42 Å². The van der Waals surface area contributed by atoms with Gasteiger partial charge in [-0.15, -0.1) is 0 Å². The van der Waals surface area contributed by atoms with Gasteiger partial charge in [0.1, 0.15) is 17.1 Å². The molecule has 0 aliphatic carbocycles. The third kappa shape index (κ3) is 2.32. The lowest BCUT2D eigenvalue weighted by molar-refractivity contribution is -0.174. The molecule has 0 aromatic carbocycles. The molecule has 1 N–H and O–H groups in total. The molecule has 0 fully saturated rings. The van der Waals surface area contributed by atoms with Crippen LogP contribution in [0.4, 0.5) is 19.0 Å². The zero-order valence-corrected chi connectivity index (χ0v) is 11.4. The number of nitrogens with one attached hydrogen (secondary N) is 1. The summed E-state index contributed by atoms with van der Waals surface area (Å²) < 4.78 is 50.4. The van der Waals surface area contributed by atoms with Crippen molar-refractivity contribution in [2.24, 2.45) is 0 Å². The molecule has 0 unspecified atom stereocenters. The molecule has 1 aliphatic heterocycles. The summed E-state index contributed by atoms with van der Waals surface area (Å²) in [6.07, 6.45) is -2.34. The number of esters is 1. The molecule has 1 aliphatic rings. The number of hydrogen-bond acceptors (Lipinski definition) is 5. The molecule has 3 heterocycles. The van der Waals surface area contributed by atoms with Crippen LogP contribution < -0.4 is 5.32 Å². The number of furan rings is 1. The average molecular weight is 315 g/mol. The fourth-order valence-corrected chi connectivity index (χ4v) is 2.50. The van der Waals surface area contributed by atoms with Gasteiger partial charge >= 0.3 is 12.1 Å². The van der Waals surface area contributed by atoms with Crippen LogP contribution in [-0.4, -0.2) is 29.0 Å². The van der Waals surface area contributed by atoms with E-state index in [9.17, 15) is 18.0 Å². The zero-order chi connectivity index (χ0) is 15.9. The highest BCUT2D eigenvalue weighted by molar-refractivity contribution is 5.94. The van der Waals surface area contributed by atoms with Gasteiger partial charge in [-0.3, -0.25) is 0 Å². The Morgan fingerprint density at radius 2 is 2.32 bits per heavy atom. The SMILES string of the molecule is COC(=O)c1cnn2c1N[C@H](c1ccco1)C[C@H]2C(F)(F)F. The Labute approximate surface area is 122 Å². The van der Waals surface area contributed by atoms with E-state index in [0.29, 0.717) is 5.76 Å². The Morgan fingerprint density at radius 3 is 2.91 bits per heavy atom. The van der Waals surface area contributed by atoms with E-state index in [0.717, 1.165) is 18.0 Å². The molecule has 0 saturated heterocycles. The summed E-state index contributed by atoms with van der Waals surface area (Å²) in [5.41, 5.74) is -0.0481. The van der Waals surface area contributed by atoms with Crippen LogP contribution in [0.25, 0.3) is 0 Å². The van der Waals surface area contributed by atoms with Crippen LogP contribution in [0, 0.1) is 0 Å². The number of halogens is 3. The zero-order valence-electron chi connectivity index (χ0n) is 11.4. The molecule has 0 amide bonds. The van der Waals surface area contributed by atoms with Gasteiger partial charge in [0.15, 0.2) is 6.04 Å². The largest absolute Gasteiger partial charge is 0.467 e. The second kappa shape index (κ2) is 5.08. The maximum Gasteiger partial charge on any atom is 0.410 e. The number of rotatable bonds is 2. The lowest BCUT2D eigenvalue weighted by Gasteiger charge is -2.32. The standard InChI is InChI=1S/C13H12F3N3O3/c1-21-12(20)7-6-17-19-10(13(14,15)16)5-8(18-11(7)19)9-3-2-4-22-9/h2-4,6,8,10,18H,5H2,1H3/t8-,10-/m0/s1. The third-order valence-electron chi connectivity index (χ3n) is 3.53. The predicted molar refractivity (Wildman–Crippen MR) is 68.3 cm³/mol. The minimum atomic E-state index is -4.50. The van der Waals surface area contributed by atoms with E-state index in [-0.39, 0.29) is 17.8 Å². The van der Waals surface area contributed by atoms with E-state index < -0.39 is 24.2 Å². The van der Waals surface area contributed by atoms with Crippen molar-refractivity contribution < 1.29 is 27.1 Å². The van der Waals surface area contributed by atoms with Gasteiger partial charge in [0, 0.05) is 6.42 Å². The molecule has 0 saturated carbocycles. The number of carbonyl (C=O) groups excluding carboxylic acids is 1. The number of alkyl halides is 3. The van der Waals surface area contributed by atoms with Gasteiger partial charge in [0.2, 0.25) is 0 Å². The van der Waals surface area contributed by atoms with Crippen molar-refractivity contribution in [1.82, 2.24) is 9.78 Å². The summed E-state index contributed by atoms with van der Waals surface area (Å²) in [7, 11) is 1.15. The molecule has 2 aromatic rings. The molecule has 6 nitrogen and oxygen atoms in total. The molecule has 0 spiro atoms. The molecule has 9 heteroatoms. The van der Waals surface area contributed by atoms with Crippen LogP contribution in [0.5, 0.6) is 0 Å². The lowest BCUT2D eigenvalue weighted by Crippen LogP contribution is -2.36. The highest BCUT2D eigenvalue weighted by Gasteiger charge is 2.47. The molecule has 118 valence electrons. The van der Waals surface area contributed by atoms with Crippen LogP contribution in [0.1, 0.15) is 34.6 Å². The Balaban J connectivity index is 2.06. The molecular formula is C13H12F3N3O3. The van der Waals surface area contributed by atoms with Gasteiger partial charge in [-0.05, 0) is 12.1 Å². The van der Waals surface area contributed by atoms with Crippen LogP contribution in [-0.2, 0) is 4.74 Å². The van der Waals surface area contributed by atoms with E-state index >= 15 is 0 Å². The Kier molecular flexibility index (Phi) is 3.34. The first-order chi connectivity index (χ1) is 10.4. The predicted octanol–water partition coefficient (Wildman–Crippen LogP) is 2.92. The molecule has 3 rings (SSSR count). The third-order valence-corrected chi connectivity index (χ3v) is 3.53. The number of ether oxygens (including phenoxy) is 1. The maximum atomic E-state index is 13.3. The molecule has 22 heavy (non-hydrogen) atoms. The molecule has 2 aromatic heterocycles. The number of aromatic nitrogens is 2. The summed E-state index contributed by atoms with van der Waals surface area (Å²) in [6, 6.07) is 0.605. The highest BCUT2D eigenvalue weighted by Crippen LogP contribution is 2.44. The lowest BCUT2D eigenvalue weighted by atomic mass is 10.0. The number of fused-ring (bicyclic) bond motifs is 1. The fraction of sp³-hybridized carbons (Fsp3) is 0.385. The summed E-state index contributed by atoms with van der Waals surface area (Å²) in [6.45, 7) is 0. The van der Waals surface area contributed by atoms with Crippen LogP contribution in [0.15, 0.2) is 29.0 Å². The minimum absolute atomic E-state index is 0.0261. The van der Waals surface area contributed by atoms with Gasteiger partial charge in [-0.1, -0.05) is 0 Å². The summed E-state index contributed by atoms with van der Waals surface area (Å²) in [5.74, 6) is -0.422. The number of hydrogen-bond donors (Lipinski definition) is 1. The van der Waals surface area contributed by atoms with Crippen molar-refractivity contribution in [2.45, 2.75) is 24.7 Å².